The predicted molar refractivity (Wildman–Crippen MR) is 214 cm³/mol. The number of benzene rings is 4. The molecule has 0 bridgehead atoms. The molecule has 0 aliphatic rings. The summed E-state index contributed by atoms with van der Waals surface area (Å²) < 4.78 is 0. The van der Waals surface area contributed by atoms with E-state index in [9.17, 15) is 0 Å². The van der Waals surface area contributed by atoms with E-state index in [1.54, 1.807) is 0 Å². The zero-order valence-corrected chi connectivity index (χ0v) is 32.9. The molecule has 0 saturated carbocycles. The van der Waals surface area contributed by atoms with Gasteiger partial charge in [0.1, 0.15) is 0 Å². The summed E-state index contributed by atoms with van der Waals surface area (Å²) in [6, 6.07) is 30.8. The fourth-order valence-corrected chi connectivity index (χ4v) is 6.42. The van der Waals surface area contributed by atoms with Crippen molar-refractivity contribution < 1.29 is 11.8 Å². The van der Waals surface area contributed by atoms with Crippen molar-refractivity contribution in [1.29, 1.82) is 0 Å². The van der Waals surface area contributed by atoms with Crippen LogP contribution in [0.2, 0.25) is 0 Å². The molecule has 0 unspecified atom stereocenters. The predicted octanol–water partition coefficient (Wildman–Crippen LogP) is 14.4. The van der Waals surface area contributed by atoms with Crippen LogP contribution in [0.5, 0.6) is 0 Å². The van der Waals surface area contributed by atoms with Crippen molar-refractivity contribution >= 4 is 47.7 Å². The topological polar surface area (TPSA) is 24.7 Å². The van der Waals surface area contributed by atoms with E-state index in [0.29, 0.717) is 0 Å². The van der Waals surface area contributed by atoms with E-state index in [1.807, 2.05) is 6.21 Å². The van der Waals surface area contributed by atoms with E-state index in [4.69, 9.17) is 20.2 Å². The van der Waals surface area contributed by atoms with Gasteiger partial charge in [-0.1, -0.05) is 127 Å². The SMILES string of the molecule is CCCCCCCCc1c(CC)cc(N=CC(C)=Nc2cc(CCCC)c(CC)c(-c3ccccc3)c2)cc1-c1ccccc1.[Cl][Ni][Br]. The normalized spacial score (nSPS) is 11.6. The summed E-state index contributed by atoms with van der Waals surface area (Å²) in [5.74, 6) is 0. The summed E-state index contributed by atoms with van der Waals surface area (Å²) in [5.41, 5.74) is 13.9. The monoisotopic (exact) mass is 770 g/mol. The van der Waals surface area contributed by atoms with Crippen LogP contribution >= 0.6 is 24.4 Å². The van der Waals surface area contributed by atoms with Crippen molar-refractivity contribution in [3.63, 3.8) is 0 Å². The van der Waals surface area contributed by atoms with Crippen LogP contribution < -0.4 is 0 Å². The Morgan fingerprint density at radius 3 is 1.77 bits per heavy atom. The van der Waals surface area contributed by atoms with Gasteiger partial charge in [-0.2, -0.15) is 0 Å². The molecule has 0 aliphatic heterocycles. The summed E-state index contributed by atoms with van der Waals surface area (Å²) in [7, 11) is 4.85. The number of aliphatic imine (C=N–C) groups is 2. The first-order valence-corrected chi connectivity index (χ1v) is 21.6. The summed E-state index contributed by atoms with van der Waals surface area (Å²) in [5, 5.41) is 0. The molecule has 4 aromatic carbocycles. The van der Waals surface area contributed by atoms with Gasteiger partial charge in [0.25, 0.3) is 0 Å². The number of rotatable bonds is 17. The van der Waals surface area contributed by atoms with Gasteiger partial charge in [-0.3, -0.25) is 9.98 Å². The average Bonchev–Trinajstić information content (AvgIpc) is 3.12. The summed E-state index contributed by atoms with van der Waals surface area (Å²) in [6.45, 7) is 11.2. The Morgan fingerprint density at radius 1 is 0.646 bits per heavy atom. The Kier molecular flexibility index (Phi) is 19.1. The van der Waals surface area contributed by atoms with Gasteiger partial charge < -0.3 is 0 Å². The van der Waals surface area contributed by atoms with Crippen molar-refractivity contribution in [2.45, 2.75) is 112 Å². The Balaban J connectivity index is 0.00000201. The molecule has 0 saturated heterocycles. The average molecular weight is 773 g/mol. The van der Waals surface area contributed by atoms with Crippen molar-refractivity contribution in [3.8, 4) is 22.3 Å². The Bertz CT molecular complexity index is 1570. The first-order chi connectivity index (χ1) is 23.5. The van der Waals surface area contributed by atoms with Crippen LogP contribution in [0.25, 0.3) is 22.3 Å². The zero-order chi connectivity index (χ0) is 34.6. The molecule has 0 aliphatic carbocycles. The van der Waals surface area contributed by atoms with E-state index in [1.165, 1.54) is 95.9 Å². The van der Waals surface area contributed by atoms with Crippen LogP contribution in [-0.2, 0) is 37.5 Å². The summed E-state index contributed by atoms with van der Waals surface area (Å²) in [4.78, 5) is 10.1. The van der Waals surface area contributed by atoms with Gasteiger partial charge in [-0.15, -0.1) is 0 Å². The fourth-order valence-electron chi connectivity index (χ4n) is 6.42. The molecule has 4 aromatic rings. The number of hydrogen-bond donors (Lipinski definition) is 0. The number of unbranched alkanes of at least 4 members (excludes halogenated alkanes) is 6. The van der Waals surface area contributed by atoms with Gasteiger partial charge >= 0.3 is 36.2 Å². The molecule has 0 heterocycles. The molecule has 48 heavy (non-hydrogen) atoms. The quantitative estimate of drug-likeness (QED) is 0.0580. The fraction of sp³-hybridized carbons (Fsp3) is 0.395. The van der Waals surface area contributed by atoms with Crippen molar-refractivity contribution in [2.24, 2.45) is 9.98 Å². The van der Waals surface area contributed by atoms with Crippen LogP contribution in [0.1, 0.15) is 108 Å². The van der Waals surface area contributed by atoms with Crippen LogP contribution in [0, 0.1) is 0 Å². The molecular formula is C43H54BrClN2Ni. The maximum absolute atomic E-state index is 5.08. The third-order valence-electron chi connectivity index (χ3n) is 8.84. The van der Waals surface area contributed by atoms with E-state index >= 15 is 0 Å². The van der Waals surface area contributed by atoms with Crippen LogP contribution in [-0.4, -0.2) is 11.9 Å². The third kappa shape index (κ3) is 12.7. The molecule has 2 nitrogen and oxygen atoms in total. The van der Waals surface area contributed by atoms with E-state index in [2.05, 4.69) is 134 Å². The Morgan fingerprint density at radius 2 is 1.19 bits per heavy atom. The molecule has 0 radical (unpaired) electrons. The number of aryl methyl sites for hydroxylation is 2. The van der Waals surface area contributed by atoms with Gasteiger partial charge in [0.05, 0.1) is 17.1 Å². The second-order valence-electron chi connectivity index (χ2n) is 12.4. The number of hydrogen-bond acceptors (Lipinski definition) is 2. The molecular weight excluding hydrogens is 719 g/mol. The van der Waals surface area contributed by atoms with Crippen LogP contribution in [0.3, 0.4) is 0 Å². The van der Waals surface area contributed by atoms with Crippen LogP contribution in [0.15, 0.2) is 94.9 Å². The minimum absolute atomic E-state index is 0.910. The van der Waals surface area contributed by atoms with Gasteiger partial charge in [0, 0.05) is 6.21 Å². The standard InChI is InChI=1S/C43H54N2.BrH.ClH.Ni/c1-6-10-12-13-14-21-27-41-34(8-3)28-38(30-43(41)36-25-19-16-20-26-36)44-32-33(5)45-39-29-37(22-11-7-2)40(9-4)42(31-39)35-23-17-15-18-24-35;;;/h15-20,23-26,28-32H,6-14,21-22,27H2,1-5H3;2*1H;/q;;;+2/p-2. The van der Waals surface area contributed by atoms with E-state index in [-0.39, 0.29) is 0 Å². The van der Waals surface area contributed by atoms with Crippen molar-refractivity contribution in [1.82, 2.24) is 0 Å². The molecule has 4 rings (SSSR count). The molecule has 0 fully saturated rings. The maximum atomic E-state index is 5.08. The second-order valence-corrected chi connectivity index (χ2v) is 15.2. The van der Waals surface area contributed by atoms with Gasteiger partial charge in [0.2, 0.25) is 0 Å². The van der Waals surface area contributed by atoms with Gasteiger partial charge in [-0.05, 0) is 114 Å². The third-order valence-corrected chi connectivity index (χ3v) is 8.84. The van der Waals surface area contributed by atoms with Gasteiger partial charge in [0.15, 0.2) is 0 Å². The first kappa shape index (κ1) is 39.9. The van der Waals surface area contributed by atoms with Gasteiger partial charge in [-0.25, -0.2) is 0 Å². The first-order valence-electron chi connectivity index (χ1n) is 17.8. The van der Waals surface area contributed by atoms with Crippen LogP contribution in [0.4, 0.5) is 11.4 Å². The molecule has 0 spiro atoms. The van der Waals surface area contributed by atoms with E-state index < -0.39 is 0 Å². The zero-order valence-electron chi connectivity index (χ0n) is 29.6. The Hall–Kier alpha value is -2.52. The molecule has 0 N–H and O–H groups in total. The molecule has 5 heteroatoms. The summed E-state index contributed by atoms with van der Waals surface area (Å²) >= 11 is 3.76. The number of nitrogens with zero attached hydrogens (tertiary/aromatic N) is 2. The Labute approximate surface area is 308 Å². The minimum atomic E-state index is 0.910. The molecule has 260 valence electrons. The molecule has 0 aromatic heterocycles. The molecule has 0 amide bonds. The molecule has 0 atom stereocenters. The van der Waals surface area contributed by atoms with Crippen molar-refractivity contribution in [2.75, 3.05) is 0 Å². The number of halogens is 2. The summed E-state index contributed by atoms with van der Waals surface area (Å²) in [6.07, 6.45) is 16.4. The second kappa shape index (κ2) is 23.0. The van der Waals surface area contributed by atoms with Crippen molar-refractivity contribution in [3.05, 3.63) is 107 Å². The van der Waals surface area contributed by atoms with E-state index in [0.717, 1.165) is 54.5 Å².